The van der Waals surface area contributed by atoms with Crippen LogP contribution in [0.15, 0.2) is 97.1 Å². The predicted octanol–water partition coefficient (Wildman–Crippen LogP) is 4.59. The van der Waals surface area contributed by atoms with Crippen molar-refractivity contribution in [3.05, 3.63) is 119 Å². The molecule has 1 heterocycles. The summed E-state index contributed by atoms with van der Waals surface area (Å²) in [5, 5.41) is 16.6. The predicted molar refractivity (Wildman–Crippen MR) is 193 cm³/mol. The summed E-state index contributed by atoms with van der Waals surface area (Å²) in [5.74, 6) is -0.968. The molecule has 4 rings (SSSR count). The van der Waals surface area contributed by atoms with E-state index in [2.05, 4.69) is 10.6 Å². The Balaban J connectivity index is 1.56. The van der Waals surface area contributed by atoms with Gasteiger partial charge >= 0.3 is 0 Å². The Hall–Kier alpha value is -4.02. The molecule has 0 aliphatic carbocycles. The number of aliphatic hydroxyl groups is 1. The van der Waals surface area contributed by atoms with Crippen molar-refractivity contribution >= 4 is 29.3 Å². The van der Waals surface area contributed by atoms with Gasteiger partial charge in [0.05, 0.1) is 42.9 Å². The Morgan fingerprint density at radius 2 is 1.65 bits per heavy atom. The molecule has 262 valence electrons. The molecule has 49 heavy (non-hydrogen) atoms. The zero-order valence-electron chi connectivity index (χ0n) is 28.6. The van der Waals surface area contributed by atoms with Crippen LogP contribution >= 0.6 is 11.6 Å². The highest BCUT2D eigenvalue weighted by molar-refractivity contribution is 6.30. The molecule has 0 radical (unpaired) electrons. The van der Waals surface area contributed by atoms with E-state index < -0.39 is 35.6 Å². The molecule has 10 heteroatoms. The Morgan fingerprint density at radius 3 is 2.29 bits per heavy atom. The molecule has 5 N–H and O–H groups in total. The highest BCUT2D eigenvalue weighted by Crippen LogP contribution is 2.29. The average molecular weight is 689 g/mol. The van der Waals surface area contributed by atoms with Gasteiger partial charge in [-0.3, -0.25) is 14.4 Å². The van der Waals surface area contributed by atoms with Crippen molar-refractivity contribution in [2.45, 2.75) is 83.3 Å². The lowest BCUT2D eigenvalue weighted by Crippen LogP contribution is -2.57. The summed E-state index contributed by atoms with van der Waals surface area (Å²) in [7, 11) is 0. The number of hydrogen-bond donors (Lipinski definition) is 4. The highest BCUT2D eigenvalue weighted by atomic mass is 35.5. The van der Waals surface area contributed by atoms with E-state index in [4.69, 9.17) is 22.1 Å². The summed E-state index contributed by atoms with van der Waals surface area (Å²) in [5.41, 5.74) is 7.65. The first-order valence-electron chi connectivity index (χ1n) is 16.9. The van der Waals surface area contributed by atoms with Crippen LogP contribution in [-0.4, -0.2) is 71.2 Å². The monoisotopic (exact) mass is 688 g/mol. The van der Waals surface area contributed by atoms with Crippen LogP contribution in [0.25, 0.3) is 0 Å². The zero-order valence-corrected chi connectivity index (χ0v) is 29.3. The number of amides is 3. The van der Waals surface area contributed by atoms with Gasteiger partial charge in [0.25, 0.3) is 0 Å². The number of hydrogen-bond acceptors (Lipinski definition) is 6. The summed E-state index contributed by atoms with van der Waals surface area (Å²) in [6.45, 7) is 5.74. The Morgan fingerprint density at radius 1 is 1.00 bits per heavy atom. The second kappa shape index (κ2) is 18.1. The Bertz CT molecular complexity index is 1550. The fourth-order valence-electron chi connectivity index (χ4n) is 6.03. The second-order valence-corrected chi connectivity index (χ2v) is 13.6. The van der Waals surface area contributed by atoms with Gasteiger partial charge in [0.1, 0.15) is 6.04 Å². The minimum Gasteiger partial charge on any atom is -0.394 e. The Kier molecular flexibility index (Phi) is 14.0. The maximum Gasteiger partial charge on any atom is 0.248 e. The van der Waals surface area contributed by atoms with E-state index in [1.54, 1.807) is 24.8 Å². The van der Waals surface area contributed by atoms with E-state index >= 15 is 0 Å². The van der Waals surface area contributed by atoms with Crippen LogP contribution in [0.1, 0.15) is 50.3 Å². The van der Waals surface area contributed by atoms with Gasteiger partial charge in [-0.2, -0.15) is 0 Å². The second-order valence-electron chi connectivity index (χ2n) is 13.1. The minimum absolute atomic E-state index is 0.221. The molecule has 9 nitrogen and oxygen atoms in total. The molecular formula is C39H49ClN4O5. The number of likely N-dealkylation sites (tertiary alicyclic amines) is 1. The minimum atomic E-state index is -1.04. The van der Waals surface area contributed by atoms with E-state index in [1.165, 1.54) is 0 Å². The van der Waals surface area contributed by atoms with Gasteiger partial charge in [0, 0.05) is 11.6 Å². The molecule has 0 bridgehead atoms. The molecule has 3 amide bonds. The molecule has 0 aromatic heterocycles. The molecule has 0 spiro atoms. The first kappa shape index (κ1) is 37.8. The number of benzene rings is 3. The summed E-state index contributed by atoms with van der Waals surface area (Å²) in [6, 6.07) is 24.2. The van der Waals surface area contributed by atoms with Crippen molar-refractivity contribution in [2.24, 2.45) is 11.1 Å². The normalized spacial score (nSPS) is 18.3. The molecule has 1 unspecified atom stereocenters. The summed E-state index contributed by atoms with van der Waals surface area (Å²) < 4.78 is 6.09. The van der Waals surface area contributed by atoms with Crippen LogP contribution in [-0.2, 0) is 38.6 Å². The molecule has 1 aliphatic heterocycles. The van der Waals surface area contributed by atoms with Crippen LogP contribution in [0.2, 0.25) is 5.02 Å². The van der Waals surface area contributed by atoms with Crippen molar-refractivity contribution in [2.75, 3.05) is 13.2 Å². The largest absolute Gasteiger partial charge is 0.394 e. The van der Waals surface area contributed by atoms with Gasteiger partial charge < -0.3 is 31.1 Å². The smallest absolute Gasteiger partial charge is 0.248 e. The fraction of sp³-hybridized carbons (Fsp3) is 0.410. The van der Waals surface area contributed by atoms with E-state index in [9.17, 15) is 19.5 Å². The maximum atomic E-state index is 14.1. The molecule has 1 fully saturated rings. The number of nitrogens with zero attached hydrogens (tertiary/aromatic N) is 1. The molecule has 3 aromatic rings. The van der Waals surface area contributed by atoms with Gasteiger partial charge in [-0.15, -0.1) is 0 Å². The van der Waals surface area contributed by atoms with E-state index in [0.29, 0.717) is 30.8 Å². The quantitative estimate of drug-likeness (QED) is 0.163. The van der Waals surface area contributed by atoms with Crippen LogP contribution in [0.3, 0.4) is 0 Å². The molecule has 3 aromatic carbocycles. The van der Waals surface area contributed by atoms with E-state index in [-0.39, 0.29) is 31.1 Å². The third-order valence-electron chi connectivity index (χ3n) is 8.93. The van der Waals surface area contributed by atoms with Gasteiger partial charge in [-0.25, -0.2) is 0 Å². The third-order valence-corrected chi connectivity index (χ3v) is 9.17. The van der Waals surface area contributed by atoms with E-state index in [1.807, 2.05) is 97.9 Å². The molecule has 6 atom stereocenters. The lowest BCUT2D eigenvalue weighted by Gasteiger charge is -2.32. The number of carbonyl (C=O) groups excluding carboxylic acids is 3. The summed E-state index contributed by atoms with van der Waals surface area (Å²) >= 11 is 6.31. The van der Waals surface area contributed by atoms with Crippen LogP contribution in [0.5, 0.6) is 0 Å². The van der Waals surface area contributed by atoms with Crippen LogP contribution in [0.4, 0.5) is 0 Å². The maximum absolute atomic E-state index is 14.1. The van der Waals surface area contributed by atoms with Crippen molar-refractivity contribution in [1.82, 2.24) is 15.5 Å². The molecule has 0 saturated carbocycles. The van der Waals surface area contributed by atoms with Gasteiger partial charge in [0.2, 0.25) is 17.7 Å². The summed E-state index contributed by atoms with van der Waals surface area (Å²) in [4.78, 5) is 42.7. The molecule has 1 saturated heterocycles. The van der Waals surface area contributed by atoms with Gasteiger partial charge in [0.15, 0.2) is 0 Å². The topological polar surface area (TPSA) is 134 Å². The lowest BCUT2D eigenvalue weighted by molar-refractivity contribution is -0.141. The zero-order chi connectivity index (χ0) is 35.4. The first-order chi connectivity index (χ1) is 23.5. The average Bonchev–Trinajstić information content (AvgIpc) is 3.57. The van der Waals surface area contributed by atoms with Crippen molar-refractivity contribution in [3.63, 3.8) is 0 Å². The van der Waals surface area contributed by atoms with E-state index in [0.717, 1.165) is 23.1 Å². The molecule has 1 aliphatic rings. The third kappa shape index (κ3) is 11.0. The van der Waals surface area contributed by atoms with Gasteiger partial charge in [-0.05, 0) is 75.3 Å². The number of aliphatic hydroxyl groups excluding tert-OH is 1. The number of carbonyl (C=O) groups is 3. The SMILES string of the molecule is CC(OCc1ccccc1)[C@H](NC(=O)[C@H](C)N)C(=O)N1CCC[C@H]1C=C[C@@](C)(Cc1cccc(Cl)c1)C(=O)N[C@H](CO)Cc1ccccc1. The van der Waals surface area contributed by atoms with Crippen LogP contribution < -0.4 is 16.4 Å². The van der Waals surface area contributed by atoms with Crippen molar-refractivity contribution < 1.29 is 24.2 Å². The van der Waals surface area contributed by atoms with Crippen molar-refractivity contribution in [3.8, 4) is 0 Å². The van der Waals surface area contributed by atoms with Crippen LogP contribution in [0, 0.1) is 5.41 Å². The number of rotatable bonds is 16. The number of ether oxygens (including phenoxy) is 1. The molecular weight excluding hydrogens is 640 g/mol. The van der Waals surface area contributed by atoms with Gasteiger partial charge in [-0.1, -0.05) is 96.5 Å². The highest BCUT2D eigenvalue weighted by Gasteiger charge is 2.38. The number of nitrogens with one attached hydrogen (secondary N) is 2. The standard InChI is InChI=1S/C39H49ClN4O5/c1-27(41)36(46)43-35(28(2)49-26-30-14-8-5-9-15-30)37(47)44-21-11-18-34(44)19-20-39(3,24-31-16-10-17-32(40)22-31)38(48)42-33(25-45)23-29-12-6-4-7-13-29/h4-10,12-17,19-20,22,27-28,33-35,45H,11,18,21,23-26,41H2,1-3H3,(H,42,48)(H,43,46)/t27-,28?,33-,34-,35-,39-/m0/s1. The first-order valence-corrected chi connectivity index (χ1v) is 17.3. The Labute approximate surface area is 294 Å². The number of nitrogens with two attached hydrogens (primary N) is 1. The fourth-order valence-corrected chi connectivity index (χ4v) is 6.24. The van der Waals surface area contributed by atoms with Crippen molar-refractivity contribution in [1.29, 1.82) is 0 Å². The number of halogens is 1. The lowest BCUT2D eigenvalue weighted by atomic mass is 9.81. The summed E-state index contributed by atoms with van der Waals surface area (Å²) in [6.07, 6.45) is 5.41.